The van der Waals surface area contributed by atoms with Gasteiger partial charge in [-0.15, -0.1) is 0 Å². The smallest absolute Gasteiger partial charge is 0.136 e. The van der Waals surface area contributed by atoms with Gasteiger partial charge in [-0.25, -0.2) is 0 Å². The molecule has 0 saturated heterocycles. The Morgan fingerprint density at radius 1 is 0.232 bits per heavy atom. The van der Waals surface area contributed by atoms with Crippen molar-refractivity contribution in [1.82, 2.24) is 0 Å². The fourth-order valence-corrected chi connectivity index (χ4v) is 9.06. The average molecular weight is 713 g/mol. The molecule has 0 aliphatic rings. The number of rotatable bonds is 4. The molecule has 0 aliphatic carbocycles. The van der Waals surface area contributed by atoms with Crippen molar-refractivity contribution >= 4 is 76.2 Å². The summed E-state index contributed by atoms with van der Waals surface area (Å²) in [4.78, 5) is 0. The molecule has 0 spiro atoms. The zero-order valence-electron chi connectivity index (χ0n) is 30.3. The molecule has 56 heavy (non-hydrogen) atoms. The largest absolute Gasteiger partial charge is 0.456 e. The molecule has 0 bridgehead atoms. The van der Waals surface area contributed by atoms with Gasteiger partial charge in [0.25, 0.3) is 0 Å². The first-order valence-corrected chi connectivity index (χ1v) is 19.2. The first-order valence-electron chi connectivity index (χ1n) is 19.2. The van der Waals surface area contributed by atoms with Crippen LogP contribution >= 0.6 is 0 Å². The topological polar surface area (TPSA) is 26.3 Å². The summed E-state index contributed by atoms with van der Waals surface area (Å²) in [5.74, 6) is 0. The lowest BCUT2D eigenvalue weighted by atomic mass is 9.84. The Balaban J connectivity index is 1.15. The van der Waals surface area contributed by atoms with Crippen molar-refractivity contribution in [2.75, 3.05) is 0 Å². The third-order valence-corrected chi connectivity index (χ3v) is 11.7. The molecule has 2 heterocycles. The van der Waals surface area contributed by atoms with E-state index in [4.69, 9.17) is 8.83 Å². The van der Waals surface area contributed by atoms with Crippen LogP contribution in [0.15, 0.2) is 203 Å². The molecule has 0 N–H and O–H groups in total. The number of fused-ring (bicyclic) bond motifs is 9. The number of hydrogen-bond donors (Lipinski definition) is 0. The van der Waals surface area contributed by atoms with Crippen LogP contribution < -0.4 is 0 Å². The van der Waals surface area contributed by atoms with Crippen molar-refractivity contribution < 1.29 is 8.83 Å². The van der Waals surface area contributed by atoms with E-state index in [2.05, 4.69) is 170 Å². The first kappa shape index (κ1) is 31.0. The summed E-state index contributed by atoms with van der Waals surface area (Å²) in [6, 6.07) is 70.0. The van der Waals surface area contributed by atoms with Crippen LogP contribution in [0.25, 0.3) is 121 Å². The second-order valence-corrected chi connectivity index (χ2v) is 14.8. The van der Waals surface area contributed by atoms with E-state index in [-0.39, 0.29) is 0 Å². The molecule has 0 radical (unpaired) electrons. The van der Waals surface area contributed by atoms with Crippen molar-refractivity contribution in [1.29, 1.82) is 0 Å². The highest BCUT2D eigenvalue weighted by atomic mass is 16.3. The lowest BCUT2D eigenvalue weighted by molar-refractivity contribution is 0.668. The maximum Gasteiger partial charge on any atom is 0.136 e. The molecule has 0 fully saturated rings. The van der Waals surface area contributed by atoms with E-state index in [9.17, 15) is 0 Å². The predicted octanol–water partition coefficient (Wildman–Crippen LogP) is 15.6. The molecular formula is C54H32O2. The lowest BCUT2D eigenvalue weighted by Crippen LogP contribution is -1.91. The third kappa shape index (κ3) is 4.69. The highest BCUT2D eigenvalue weighted by molar-refractivity contribution is 6.22. The molecular weight excluding hydrogens is 681 g/mol. The van der Waals surface area contributed by atoms with Crippen LogP contribution in [0.5, 0.6) is 0 Å². The van der Waals surface area contributed by atoms with Gasteiger partial charge >= 0.3 is 0 Å². The van der Waals surface area contributed by atoms with Crippen LogP contribution in [0.2, 0.25) is 0 Å². The molecule has 0 atom stereocenters. The van der Waals surface area contributed by atoms with E-state index >= 15 is 0 Å². The highest BCUT2D eigenvalue weighted by Crippen LogP contribution is 2.46. The Morgan fingerprint density at radius 3 is 1.34 bits per heavy atom. The lowest BCUT2D eigenvalue weighted by Gasteiger charge is -2.19. The summed E-state index contributed by atoms with van der Waals surface area (Å²) in [6.45, 7) is 0. The number of para-hydroxylation sites is 2. The molecule has 0 amide bonds. The van der Waals surface area contributed by atoms with Crippen molar-refractivity contribution in [3.05, 3.63) is 194 Å². The van der Waals surface area contributed by atoms with Gasteiger partial charge in [0.1, 0.15) is 22.3 Å². The quantitative estimate of drug-likeness (QED) is 0.170. The van der Waals surface area contributed by atoms with Gasteiger partial charge in [-0.1, -0.05) is 146 Å². The molecule has 0 unspecified atom stereocenters. The Hall–Kier alpha value is -7.42. The van der Waals surface area contributed by atoms with Crippen LogP contribution in [-0.2, 0) is 0 Å². The summed E-state index contributed by atoms with van der Waals surface area (Å²) in [6.07, 6.45) is 0. The van der Waals surface area contributed by atoms with Crippen molar-refractivity contribution in [3.8, 4) is 44.5 Å². The highest BCUT2D eigenvalue weighted by Gasteiger charge is 2.19. The molecule has 2 heteroatoms. The number of benzene rings is 10. The molecule has 260 valence electrons. The van der Waals surface area contributed by atoms with Crippen molar-refractivity contribution in [3.63, 3.8) is 0 Å². The maximum atomic E-state index is 6.40. The molecule has 12 rings (SSSR count). The van der Waals surface area contributed by atoms with E-state index in [1.165, 1.54) is 65.7 Å². The maximum absolute atomic E-state index is 6.40. The van der Waals surface area contributed by atoms with Crippen LogP contribution in [0.1, 0.15) is 0 Å². The van der Waals surface area contributed by atoms with E-state index in [0.29, 0.717) is 0 Å². The van der Waals surface area contributed by atoms with Gasteiger partial charge in [0, 0.05) is 21.5 Å². The molecule has 2 aromatic heterocycles. The van der Waals surface area contributed by atoms with Crippen LogP contribution in [0.3, 0.4) is 0 Å². The second kappa shape index (κ2) is 12.0. The minimum atomic E-state index is 0.893. The van der Waals surface area contributed by atoms with Crippen LogP contribution in [0.4, 0.5) is 0 Å². The monoisotopic (exact) mass is 712 g/mol. The van der Waals surface area contributed by atoms with Gasteiger partial charge in [0.05, 0.1) is 0 Å². The molecule has 0 saturated carbocycles. The summed E-state index contributed by atoms with van der Waals surface area (Å²) >= 11 is 0. The average Bonchev–Trinajstić information content (AvgIpc) is 3.82. The summed E-state index contributed by atoms with van der Waals surface area (Å²) in [5.41, 5.74) is 13.1. The zero-order chi connectivity index (χ0) is 36.7. The first-order chi connectivity index (χ1) is 27.7. The van der Waals surface area contributed by atoms with E-state index in [0.717, 1.165) is 55.0 Å². The fraction of sp³-hybridized carbons (Fsp3) is 0. The third-order valence-electron chi connectivity index (χ3n) is 11.7. The SMILES string of the molecule is c1ccc(-c2ccc3c(-c4c5cccc(-c6ccc7c(c6)oc6ccccc67)c5cc5c(-c6ccc7c(c6)oc6ccccc67)cccc45)cccc3c2)cc1. The predicted molar refractivity (Wildman–Crippen MR) is 235 cm³/mol. The van der Waals surface area contributed by atoms with E-state index in [1.807, 2.05) is 24.3 Å². The minimum absolute atomic E-state index is 0.893. The Labute approximate surface area is 322 Å². The molecule has 2 nitrogen and oxygen atoms in total. The summed E-state index contributed by atoms with van der Waals surface area (Å²) in [5, 5.41) is 11.8. The second-order valence-electron chi connectivity index (χ2n) is 14.8. The van der Waals surface area contributed by atoms with E-state index < -0.39 is 0 Å². The summed E-state index contributed by atoms with van der Waals surface area (Å²) in [7, 11) is 0. The number of furan rings is 2. The Bertz CT molecular complexity index is 3360. The van der Waals surface area contributed by atoms with E-state index in [1.54, 1.807) is 0 Å². The van der Waals surface area contributed by atoms with Crippen molar-refractivity contribution in [2.24, 2.45) is 0 Å². The molecule has 12 aromatic rings. The molecule has 0 aliphatic heterocycles. The van der Waals surface area contributed by atoms with Gasteiger partial charge in [0.15, 0.2) is 0 Å². The summed E-state index contributed by atoms with van der Waals surface area (Å²) < 4.78 is 12.8. The minimum Gasteiger partial charge on any atom is -0.456 e. The Morgan fingerprint density at radius 2 is 0.714 bits per heavy atom. The Kier molecular flexibility index (Phi) is 6.66. The van der Waals surface area contributed by atoms with Gasteiger partial charge in [-0.2, -0.15) is 0 Å². The normalized spacial score (nSPS) is 11.9. The van der Waals surface area contributed by atoms with Gasteiger partial charge in [0.2, 0.25) is 0 Å². The standard InChI is InChI=1S/C54H32O2/c1-2-11-33(12-3-1)34-23-26-40-35(29-34)13-8-18-45(40)54-46-19-9-16-38(36-24-27-43-41-14-4-6-21-50(41)55-52(43)30-36)48(46)32-49-39(17-10-20-47(49)54)37-25-28-44-42-15-5-7-22-51(42)56-53(44)31-37/h1-32H. The van der Waals surface area contributed by atoms with Crippen LogP contribution in [0, 0.1) is 0 Å². The van der Waals surface area contributed by atoms with Crippen molar-refractivity contribution in [2.45, 2.75) is 0 Å². The molecule has 10 aromatic carbocycles. The van der Waals surface area contributed by atoms with Gasteiger partial charge < -0.3 is 8.83 Å². The van der Waals surface area contributed by atoms with Crippen LogP contribution in [-0.4, -0.2) is 0 Å². The van der Waals surface area contributed by atoms with Gasteiger partial charge in [-0.3, -0.25) is 0 Å². The fourth-order valence-electron chi connectivity index (χ4n) is 9.06. The zero-order valence-corrected chi connectivity index (χ0v) is 30.3. The van der Waals surface area contributed by atoms with Gasteiger partial charge in [-0.05, 0) is 125 Å². The number of hydrogen-bond acceptors (Lipinski definition) is 2.